The molecule has 0 saturated carbocycles. The van der Waals surface area contributed by atoms with E-state index in [0.717, 1.165) is 5.56 Å². The number of benzene rings is 2. The molecule has 4 rings (SSSR count). The number of anilines is 2. The fourth-order valence-corrected chi connectivity index (χ4v) is 3.52. The van der Waals surface area contributed by atoms with Gasteiger partial charge in [0, 0.05) is 22.0 Å². The van der Waals surface area contributed by atoms with Crippen molar-refractivity contribution in [2.24, 2.45) is 0 Å². The molecule has 148 valence electrons. The van der Waals surface area contributed by atoms with E-state index in [-0.39, 0.29) is 5.91 Å². The lowest BCUT2D eigenvalue weighted by Crippen LogP contribution is -2.31. The molecule has 1 atom stereocenters. The predicted octanol–water partition coefficient (Wildman–Crippen LogP) is 4.26. The number of aromatic nitrogens is 3. The minimum absolute atomic E-state index is 0.241. The smallest absolute Gasteiger partial charge is 0.255 e. The van der Waals surface area contributed by atoms with Gasteiger partial charge in [0.15, 0.2) is 0 Å². The zero-order valence-electron chi connectivity index (χ0n) is 16.0. The van der Waals surface area contributed by atoms with E-state index in [0.29, 0.717) is 40.3 Å². The van der Waals surface area contributed by atoms with Gasteiger partial charge in [-0.2, -0.15) is 10.1 Å². The van der Waals surface area contributed by atoms with Crippen LogP contribution in [0.3, 0.4) is 0 Å². The van der Waals surface area contributed by atoms with E-state index < -0.39 is 6.04 Å². The Morgan fingerprint density at radius 2 is 2.00 bits per heavy atom. The number of para-hydroxylation sites is 1. The van der Waals surface area contributed by atoms with E-state index >= 15 is 0 Å². The van der Waals surface area contributed by atoms with Crippen LogP contribution in [0, 0.1) is 0 Å². The van der Waals surface area contributed by atoms with Crippen LogP contribution >= 0.6 is 11.6 Å². The molecule has 0 aliphatic carbocycles. The third kappa shape index (κ3) is 3.69. The highest BCUT2D eigenvalue weighted by atomic mass is 35.5. The topological polar surface area (TPSA) is 81.1 Å². The summed E-state index contributed by atoms with van der Waals surface area (Å²) >= 11 is 5.95. The van der Waals surface area contributed by atoms with Crippen molar-refractivity contribution in [3.05, 3.63) is 76.7 Å². The molecule has 2 heterocycles. The van der Waals surface area contributed by atoms with Crippen LogP contribution in [-0.4, -0.2) is 27.3 Å². The van der Waals surface area contributed by atoms with Gasteiger partial charge in [-0.05, 0) is 44.2 Å². The van der Waals surface area contributed by atoms with E-state index in [4.69, 9.17) is 16.3 Å². The number of ether oxygens (including phenoxy) is 1. The van der Waals surface area contributed by atoms with Crippen LogP contribution < -0.4 is 15.4 Å². The zero-order chi connectivity index (χ0) is 20.4. The molecule has 1 aliphatic rings. The van der Waals surface area contributed by atoms with Crippen molar-refractivity contribution in [3.63, 3.8) is 0 Å². The monoisotopic (exact) mass is 409 g/mol. The van der Waals surface area contributed by atoms with E-state index in [2.05, 4.69) is 20.7 Å². The molecule has 8 heteroatoms. The van der Waals surface area contributed by atoms with Gasteiger partial charge in [-0.3, -0.25) is 4.79 Å². The minimum Gasteiger partial charge on any atom is -0.494 e. The lowest BCUT2D eigenvalue weighted by Gasteiger charge is -2.29. The van der Waals surface area contributed by atoms with E-state index in [1.165, 1.54) is 6.33 Å². The highest BCUT2D eigenvalue weighted by Crippen LogP contribution is 2.39. The summed E-state index contributed by atoms with van der Waals surface area (Å²) < 4.78 is 7.52. The number of amides is 1. The Morgan fingerprint density at radius 1 is 1.24 bits per heavy atom. The molecular formula is C21H20ClN5O2. The fraction of sp³-hybridized carbons (Fsp3) is 0.190. The number of carbonyl (C=O) groups is 1. The average molecular weight is 410 g/mol. The van der Waals surface area contributed by atoms with Crippen LogP contribution in [0.4, 0.5) is 11.6 Å². The van der Waals surface area contributed by atoms with Gasteiger partial charge < -0.3 is 15.4 Å². The number of nitrogens with zero attached hydrogens (tertiary/aromatic N) is 3. The van der Waals surface area contributed by atoms with Crippen molar-refractivity contribution >= 4 is 29.1 Å². The number of carbonyl (C=O) groups excluding carboxylic acids is 1. The Labute approximate surface area is 173 Å². The second-order valence-electron chi connectivity index (χ2n) is 6.53. The van der Waals surface area contributed by atoms with Gasteiger partial charge in [-0.1, -0.05) is 29.8 Å². The number of hydrogen-bond acceptors (Lipinski definition) is 5. The number of nitrogens with one attached hydrogen (secondary N) is 2. The van der Waals surface area contributed by atoms with E-state index in [9.17, 15) is 4.79 Å². The van der Waals surface area contributed by atoms with Crippen LogP contribution in [0.1, 0.15) is 25.5 Å². The molecule has 7 nitrogen and oxygen atoms in total. The molecule has 1 aromatic heterocycles. The normalized spacial score (nSPS) is 15.5. The summed E-state index contributed by atoms with van der Waals surface area (Å²) in [5.41, 5.74) is 2.72. The molecule has 1 amide bonds. The molecule has 0 fully saturated rings. The molecule has 0 unspecified atom stereocenters. The standard InChI is InChI=1S/C21H20ClN5O2/c1-3-29-17-7-5-4-6-16(17)19-18(13(2)25-21-23-12-24-27(19)21)20(28)26-15-10-8-14(22)9-11-15/h4-12,19H,3H2,1-2H3,(H,26,28)(H,23,24,25)/t19-/m0/s1. The second kappa shape index (κ2) is 7.97. The molecule has 2 N–H and O–H groups in total. The lowest BCUT2D eigenvalue weighted by molar-refractivity contribution is -0.113. The second-order valence-corrected chi connectivity index (χ2v) is 6.96. The zero-order valence-corrected chi connectivity index (χ0v) is 16.8. The highest BCUT2D eigenvalue weighted by molar-refractivity contribution is 6.30. The van der Waals surface area contributed by atoms with E-state index in [1.807, 2.05) is 38.1 Å². The Kier molecular flexibility index (Phi) is 5.22. The molecule has 29 heavy (non-hydrogen) atoms. The minimum atomic E-state index is -0.483. The summed E-state index contributed by atoms with van der Waals surface area (Å²) in [7, 11) is 0. The maximum atomic E-state index is 13.3. The van der Waals surface area contributed by atoms with Gasteiger partial charge in [0.25, 0.3) is 5.91 Å². The Morgan fingerprint density at radius 3 is 2.76 bits per heavy atom. The molecule has 0 bridgehead atoms. The maximum Gasteiger partial charge on any atom is 0.255 e. The van der Waals surface area contributed by atoms with Crippen LogP contribution in [0.5, 0.6) is 5.75 Å². The summed E-state index contributed by atoms with van der Waals surface area (Å²) in [6.07, 6.45) is 1.46. The maximum absolute atomic E-state index is 13.3. The number of fused-ring (bicyclic) bond motifs is 1. The summed E-state index contributed by atoms with van der Waals surface area (Å²) in [6.45, 7) is 4.29. The van der Waals surface area contributed by atoms with Gasteiger partial charge in [-0.25, -0.2) is 4.68 Å². The molecular weight excluding hydrogens is 390 g/mol. The van der Waals surface area contributed by atoms with Crippen molar-refractivity contribution in [3.8, 4) is 5.75 Å². The first kappa shape index (κ1) is 19.0. The quantitative estimate of drug-likeness (QED) is 0.658. The summed E-state index contributed by atoms with van der Waals surface area (Å²) in [5.74, 6) is 1.03. The first-order valence-electron chi connectivity index (χ1n) is 9.24. The van der Waals surface area contributed by atoms with Crippen molar-refractivity contribution in [1.82, 2.24) is 14.8 Å². The molecule has 0 radical (unpaired) electrons. The first-order chi connectivity index (χ1) is 14.1. The first-order valence-corrected chi connectivity index (χ1v) is 9.62. The summed E-state index contributed by atoms with van der Waals surface area (Å²) in [6, 6.07) is 14.2. The van der Waals surface area contributed by atoms with Gasteiger partial charge in [0.2, 0.25) is 5.95 Å². The summed E-state index contributed by atoms with van der Waals surface area (Å²) in [4.78, 5) is 17.6. The van der Waals surface area contributed by atoms with Crippen LogP contribution in [-0.2, 0) is 4.79 Å². The van der Waals surface area contributed by atoms with Crippen molar-refractivity contribution in [2.45, 2.75) is 19.9 Å². The third-order valence-corrected chi connectivity index (χ3v) is 4.91. The number of hydrogen-bond donors (Lipinski definition) is 2. The van der Waals surface area contributed by atoms with Crippen molar-refractivity contribution in [1.29, 1.82) is 0 Å². The molecule has 3 aromatic rings. The average Bonchev–Trinajstić information content (AvgIpc) is 3.17. The largest absolute Gasteiger partial charge is 0.494 e. The van der Waals surface area contributed by atoms with E-state index in [1.54, 1.807) is 28.9 Å². The SMILES string of the molecule is CCOc1ccccc1[C@H]1C(C(=O)Nc2ccc(Cl)cc2)=C(C)Nc2ncnn21. The third-order valence-electron chi connectivity index (χ3n) is 4.65. The van der Waals surface area contributed by atoms with Crippen molar-refractivity contribution < 1.29 is 9.53 Å². The lowest BCUT2D eigenvalue weighted by atomic mass is 9.94. The van der Waals surface area contributed by atoms with Crippen LogP contribution in [0.2, 0.25) is 5.02 Å². The molecule has 0 saturated heterocycles. The molecule has 2 aromatic carbocycles. The molecule has 0 spiro atoms. The number of allylic oxidation sites excluding steroid dienone is 1. The van der Waals surface area contributed by atoms with Crippen LogP contribution in [0.25, 0.3) is 0 Å². The highest BCUT2D eigenvalue weighted by Gasteiger charge is 2.35. The number of rotatable bonds is 5. The van der Waals surface area contributed by atoms with Gasteiger partial charge >= 0.3 is 0 Å². The summed E-state index contributed by atoms with van der Waals surface area (Å²) in [5, 5.41) is 11.1. The Hall–Kier alpha value is -3.32. The van der Waals surface area contributed by atoms with Crippen LogP contribution in [0.15, 0.2) is 66.1 Å². The number of halogens is 1. The van der Waals surface area contributed by atoms with Gasteiger partial charge in [0.05, 0.1) is 12.2 Å². The van der Waals surface area contributed by atoms with Gasteiger partial charge in [0.1, 0.15) is 18.1 Å². The molecule has 1 aliphatic heterocycles. The van der Waals surface area contributed by atoms with Crippen molar-refractivity contribution in [2.75, 3.05) is 17.2 Å². The fourth-order valence-electron chi connectivity index (χ4n) is 3.40. The Bertz CT molecular complexity index is 1070. The Balaban J connectivity index is 1.78. The van der Waals surface area contributed by atoms with Gasteiger partial charge in [-0.15, -0.1) is 0 Å². The predicted molar refractivity (Wildman–Crippen MR) is 112 cm³/mol.